The minimum Gasteiger partial charge on any atom is -0.380 e. The summed E-state index contributed by atoms with van der Waals surface area (Å²) >= 11 is 0. The fourth-order valence-corrected chi connectivity index (χ4v) is 3.08. The molecule has 0 unspecified atom stereocenters. The maximum atomic E-state index is 12.3. The van der Waals surface area contributed by atoms with Gasteiger partial charge in [0.1, 0.15) is 5.78 Å². The SMILES string of the molecule is CO[C@@H]1[C@H](C)[C@H](C)CC(=O)[C@H]1/C(C)=C/CCC(C)C. The van der Waals surface area contributed by atoms with Gasteiger partial charge in [0.05, 0.1) is 12.0 Å². The highest BCUT2D eigenvalue weighted by atomic mass is 16.5. The third kappa shape index (κ3) is 4.17. The first-order valence-corrected chi connectivity index (χ1v) is 7.60. The van der Waals surface area contributed by atoms with E-state index in [0.29, 0.717) is 30.0 Å². The lowest BCUT2D eigenvalue weighted by atomic mass is 9.70. The van der Waals surface area contributed by atoms with Crippen LogP contribution in [0, 0.1) is 23.7 Å². The largest absolute Gasteiger partial charge is 0.380 e. The Morgan fingerprint density at radius 3 is 2.58 bits per heavy atom. The number of rotatable bonds is 5. The van der Waals surface area contributed by atoms with Crippen LogP contribution in [-0.4, -0.2) is 19.0 Å². The smallest absolute Gasteiger partial charge is 0.142 e. The first kappa shape index (κ1) is 16.4. The first-order chi connectivity index (χ1) is 8.88. The summed E-state index contributed by atoms with van der Waals surface area (Å²) in [6.45, 7) is 10.9. The molecule has 0 spiro atoms. The lowest BCUT2D eigenvalue weighted by Crippen LogP contribution is -2.44. The molecule has 0 bridgehead atoms. The zero-order valence-corrected chi connectivity index (χ0v) is 13.4. The molecule has 2 nitrogen and oxygen atoms in total. The zero-order valence-electron chi connectivity index (χ0n) is 13.4. The molecule has 1 aliphatic rings. The summed E-state index contributed by atoms with van der Waals surface area (Å²) in [5.41, 5.74) is 1.20. The number of carbonyl (C=O) groups is 1. The van der Waals surface area contributed by atoms with Crippen molar-refractivity contribution in [2.45, 2.75) is 60.0 Å². The van der Waals surface area contributed by atoms with Crippen LogP contribution in [-0.2, 0) is 9.53 Å². The lowest BCUT2D eigenvalue weighted by molar-refractivity contribution is -0.134. The number of methoxy groups -OCH3 is 1. The van der Waals surface area contributed by atoms with Gasteiger partial charge in [-0.3, -0.25) is 4.79 Å². The van der Waals surface area contributed by atoms with E-state index in [1.807, 2.05) is 0 Å². The third-order valence-electron chi connectivity index (χ3n) is 4.59. The summed E-state index contributed by atoms with van der Waals surface area (Å²) in [5.74, 6) is 1.92. The average molecular weight is 266 g/mol. The van der Waals surface area contributed by atoms with E-state index < -0.39 is 0 Å². The summed E-state index contributed by atoms with van der Waals surface area (Å²) in [5, 5.41) is 0. The minimum absolute atomic E-state index is 0.0247. The van der Waals surface area contributed by atoms with Gasteiger partial charge in [-0.15, -0.1) is 0 Å². The third-order valence-corrected chi connectivity index (χ3v) is 4.59. The minimum atomic E-state index is -0.0247. The first-order valence-electron chi connectivity index (χ1n) is 7.60. The highest BCUT2D eigenvalue weighted by molar-refractivity contribution is 5.85. The molecule has 0 N–H and O–H groups in total. The molecule has 1 aliphatic carbocycles. The van der Waals surface area contributed by atoms with E-state index in [1.54, 1.807) is 7.11 Å². The van der Waals surface area contributed by atoms with Gasteiger partial charge in [0.25, 0.3) is 0 Å². The Hall–Kier alpha value is -0.630. The predicted octanol–water partition coefficient (Wildman–Crippen LogP) is 4.25. The molecule has 2 heteroatoms. The molecule has 0 aromatic heterocycles. The summed E-state index contributed by atoms with van der Waals surface area (Å²) in [6.07, 6.45) is 5.24. The van der Waals surface area contributed by atoms with E-state index in [2.05, 4.69) is 40.7 Å². The van der Waals surface area contributed by atoms with E-state index in [4.69, 9.17) is 4.74 Å². The Balaban J connectivity index is 2.79. The summed E-state index contributed by atoms with van der Waals surface area (Å²) < 4.78 is 5.64. The van der Waals surface area contributed by atoms with Crippen LogP contribution in [0.15, 0.2) is 11.6 Å². The van der Waals surface area contributed by atoms with Crippen LogP contribution in [0.1, 0.15) is 53.9 Å². The van der Waals surface area contributed by atoms with Crippen LogP contribution in [0.5, 0.6) is 0 Å². The van der Waals surface area contributed by atoms with Crippen LogP contribution in [0.3, 0.4) is 0 Å². The van der Waals surface area contributed by atoms with E-state index in [1.165, 1.54) is 12.0 Å². The fraction of sp³-hybridized carbons (Fsp3) is 0.824. The van der Waals surface area contributed by atoms with Gasteiger partial charge in [-0.05, 0) is 37.5 Å². The molecule has 0 saturated heterocycles. The molecular formula is C17H30O2. The van der Waals surface area contributed by atoms with E-state index in [9.17, 15) is 4.79 Å². The second-order valence-corrected chi connectivity index (χ2v) is 6.60. The molecule has 0 heterocycles. The summed E-state index contributed by atoms with van der Waals surface area (Å²) in [4.78, 5) is 12.3. The molecule has 1 saturated carbocycles. The maximum Gasteiger partial charge on any atom is 0.142 e. The molecule has 110 valence electrons. The normalized spacial score (nSPS) is 33.0. The quantitative estimate of drug-likeness (QED) is 0.696. The molecule has 1 fully saturated rings. The molecule has 1 rings (SSSR count). The van der Waals surface area contributed by atoms with Crippen LogP contribution in [0.2, 0.25) is 0 Å². The van der Waals surface area contributed by atoms with Gasteiger partial charge in [0, 0.05) is 13.5 Å². The average Bonchev–Trinajstić information content (AvgIpc) is 2.32. The van der Waals surface area contributed by atoms with E-state index in [0.717, 1.165) is 6.42 Å². The van der Waals surface area contributed by atoms with Crippen molar-refractivity contribution in [1.82, 2.24) is 0 Å². The van der Waals surface area contributed by atoms with E-state index >= 15 is 0 Å². The van der Waals surface area contributed by atoms with Gasteiger partial charge < -0.3 is 4.74 Å². The van der Waals surface area contributed by atoms with Crippen LogP contribution in [0.4, 0.5) is 0 Å². The van der Waals surface area contributed by atoms with Crippen molar-refractivity contribution >= 4 is 5.78 Å². The van der Waals surface area contributed by atoms with Gasteiger partial charge in [-0.1, -0.05) is 39.3 Å². The Morgan fingerprint density at radius 2 is 2.05 bits per heavy atom. The zero-order chi connectivity index (χ0) is 14.6. The molecule has 0 radical (unpaired) electrons. The lowest BCUT2D eigenvalue weighted by Gasteiger charge is -2.39. The Kier molecular flexibility index (Phi) is 6.25. The van der Waals surface area contributed by atoms with Crippen molar-refractivity contribution in [3.8, 4) is 0 Å². The molecular weight excluding hydrogens is 236 g/mol. The monoisotopic (exact) mass is 266 g/mol. The van der Waals surface area contributed by atoms with Crippen LogP contribution in [0.25, 0.3) is 0 Å². The van der Waals surface area contributed by atoms with Crippen molar-refractivity contribution in [3.05, 3.63) is 11.6 Å². The Bertz CT molecular complexity index is 330. The standard InChI is InChI=1S/C17H30O2/c1-11(2)8-7-9-12(3)16-15(18)10-13(4)14(5)17(16)19-6/h9,11,13-14,16-17H,7-8,10H2,1-6H3/b12-9+/t13-,14-,16-,17-/m1/s1. The topological polar surface area (TPSA) is 26.3 Å². The maximum absolute atomic E-state index is 12.3. The molecule has 0 aromatic rings. The number of hydrogen-bond acceptors (Lipinski definition) is 2. The van der Waals surface area contributed by atoms with Crippen molar-refractivity contribution in [2.24, 2.45) is 23.7 Å². The Morgan fingerprint density at radius 1 is 1.42 bits per heavy atom. The van der Waals surface area contributed by atoms with Crippen molar-refractivity contribution in [1.29, 1.82) is 0 Å². The number of carbonyl (C=O) groups excluding carboxylic acids is 1. The number of hydrogen-bond donors (Lipinski definition) is 0. The number of allylic oxidation sites excluding steroid dienone is 1. The fourth-order valence-electron chi connectivity index (χ4n) is 3.08. The van der Waals surface area contributed by atoms with Gasteiger partial charge in [-0.2, -0.15) is 0 Å². The van der Waals surface area contributed by atoms with Crippen molar-refractivity contribution < 1.29 is 9.53 Å². The second kappa shape index (κ2) is 7.23. The number of ketones is 1. The van der Waals surface area contributed by atoms with Gasteiger partial charge in [-0.25, -0.2) is 0 Å². The summed E-state index contributed by atoms with van der Waals surface area (Å²) in [7, 11) is 1.74. The van der Waals surface area contributed by atoms with Crippen molar-refractivity contribution in [2.75, 3.05) is 7.11 Å². The molecule has 19 heavy (non-hydrogen) atoms. The molecule has 0 amide bonds. The second-order valence-electron chi connectivity index (χ2n) is 6.60. The van der Waals surface area contributed by atoms with Crippen molar-refractivity contribution in [3.63, 3.8) is 0 Å². The Labute approximate surface area is 118 Å². The molecule has 4 atom stereocenters. The number of Topliss-reactive ketones (excluding diaryl/α,β-unsaturated/α-hetero) is 1. The van der Waals surface area contributed by atoms with E-state index in [-0.39, 0.29) is 12.0 Å². The van der Waals surface area contributed by atoms with Gasteiger partial charge in [0.2, 0.25) is 0 Å². The van der Waals surface area contributed by atoms with Gasteiger partial charge in [0.15, 0.2) is 0 Å². The van der Waals surface area contributed by atoms with Crippen LogP contribution < -0.4 is 0 Å². The molecule has 0 aromatic carbocycles. The van der Waals surface area contributed by atoms with Gasteiger partial charge >= 0.3 is 0 Å². The summed E-state index contributed by atoms with van der Waals surface area (Å²) in [6, 6.07) is 0. The number of ether oxygens (including phenoxy) is 1. The highest BCUT2D eigenvalue weighted by Crippen LogP contribution is 2.36. The molecule has 0 aliphatic heterocycles. The van der Waals surface area contributed by atoms with Crippen LogP contribution >= 0.6 is 0 Å². The highest BCUT2D eigenvalue weighted by Gasteiger charge is 2.41. The predicted molar refractivity (Wildman–Crippen MR) is 80.1 cm³/mol.